The normalized spacial score (nSPS) is 10.9. The number of aliphatic hydroxyl groups is 1. The average Bonchev–Trinajstić information content (AvgIpc) is 2.77. The first-order valence-corrected chi connectivity index (χ1v) is 11.4. The van der Waals surface area contributed by atoms with Gasteiger partial charge in [0, 0.05) is 35.2 Å². The maximum atomic E-state index is 10.6. The van der Waals surface area contributed by atoms with Gasteiger partial charge in [0.25, 0.3) is 0 Å². The number of ether oxygens (including phenoxy) is 2. The number of pyridine rings is 1. The molecule has 6 nitrogen and oxygen atoms in total. The summed E-state index contributed by atoms with van der Waals surface area (Å²) in [4.78, 5) is 15.2. The molecule has 0 spiro atoms. The van der Waals surface area contributed by atoms with Crippen LogP contribution in [0, 0.1) is 32.6 Å². The van der Waals surface area contributed by atoms with E-state index in [1.807, 2.05) is 32.0 Å². The largest absolute Gasteiger partial charge is 0.489 e. The van der Waals surface area contributed by atoms with Crippen LogP contribution in [0.4, 0.5) is 0 Å². The van der Waals surface area contributed by atoms with Crippen molar-refractivity contribution in [3.63, 3.8) is 0 Å². The van der Waals surface area contributed by atoms with Gasteiger partial charge in [-0.2, -0.15) is 0 Å². The van der Waals surface area contributed by atoms with E-state index >= 15 is 0 Å². The number of carbonyl (C=O) groups is 1. The van der Waals surface area contributed by atoms with Crippen LogP contribution in [0.5, 0.6) is 11.6 Å². The summed E-state index contributed by atoms with van der Waals surface area (Å²) in [5.74, 6) is 4.76. The fourth-order valence-corrected chi connectivity index (χ4v) is 3.71. The SMILES string of the molecule is Cc1cc(OCCC(C)(C)O)nc(C)c1-c1cccc(COc2ccc(C#CC(=O)O)cc2)c1C. The van der Waals surface area contributed by atoms with Gasteiger partial charge in [0.1, 0.15) is 12.4 Å². The predicted molar refractivity (Wildman–Crippen MR) is 136 cm³/mol. The highest BCUT2D eigenvalue weighted by atomic mass is 16.5. The molecule has 0 unspecified atom stereocenters. The second kappa shape index (κ2) is 11.1. The third kappa shape index (κ3) is 7.33. The highest BCUT2D eigenvalue weighted by Crippen LogP contribution is 2.33. The molecule has 1 aromatic heterocycles. The standard InChI is InChI=1S/C29H31NO5/c1-19-17-26(34-16-15-29(4,5)33)30-21(3)28(19)25-8-6-7-23(20(25)2)18-35-24-12-9-22(10-13-24)11-14-27(31)32/h6-10,12-13,17,33H,15-16,18H2,1-5H3,(H,31,32). The molecule has 0 radical (unpaired) electrons. The Labute approximate surface area is 206 Å². The van der Waals surface area contributed by atoms with Crippen molar-refractivity contribution in [3.8, 4) is 34.6 Å². The Morgan fingerprint density at radius 3 is 2.40 bits per heavy atom. The first-order chi connectivity index (χ1) is 16.5. The van der Waals surface area contributed by atoms with Crippen LogP contribution in [0.2, 0.25) is 0 Å². The number of carboxylic acid groups (broad SMARTS) is 1. The lowest BCUT2D eigenvalue weighted by Crippen LogP contribution is -2.22. The van der Waals surface area contributed by atoms with Crippen LogP contribution in [-0.2, 0) is 11.4 Å². The van der Waals surface area contributed by atoms with Gasteiger partial charge in [-0.15, -0.1) is 0 Å². The number of hydrogen-bond donors (Lipinski definition) is 2. The van der Waals surface area contributed by atoms with Crippen LogP contribution in [0.25, 0.3) is 11.1 Å². The van der Waals surface area contributed by atoms with Crippen LogP contribution in [-0.4, -0.2) is 33.4 Å². The molecule has 35 heavy (non-hydrogen) atoms. The van der Waals surface area contributed by atoms with E-state index in [1.54, 1.807) is 38.1 Å². The number of rotatable bonds is 8. The Kier molecular flexibility index (Phi) is 8.16. The molecule has 0 saturated carbocycles. The number of nitrogens with zero attached hydrogens (tertiary/aromatic N) is 1. The second-order valence-corrected chi connectivity index (χ2v) is 9.11. The van der Waals surface area contributed by atoms with Crippen LogP contribution >= 0.6 is 0 Å². The lowest BCUT2D eigenvalue weighted by molar-refractivity contribution is -0.130. The number of aromatic nitrogens is 1. The summed E-state index contributed by atoms with van der Waals surface area (Å²) >= 11 is 0. The van der Waals surface area contributed by atoms with Crippen molar-refractivity contribution >= 4 is 5.97 Å². The van der Waals surface area contributed by atoms with Gasteiger partial charge >= 0.3 is 5.97 Å². The number of aliphatic carboxylic acids is 1. The van der Waals surface area contributed by atoms with Crippen LogP contribution in [0.3, 0.4) is 0 Å². The van der Waals surface area contributed by atoms with E-state index in [1.165, 1.54) is 0 Å². The Hall–Kier alpha value is -3.82. The summed E-state index contributed by atoms with van der Waals surface area (Å²) < 4.78 is 11.8. The molecule has 6 heteroatoms. The van der Waals surface area contributed by atoms with Crippen molar-refractivity contribution < 1.29 is 24.5 Å². The molecule has 0 amide bonds. The van der Waals surface area contributed by atoms with E-state index < -0.39 is 11.6 Å². The molecule has 2 aromatic carbocycles. The molecular formula is C29H31NO5. The zero-order chi connectivity index (χ0) is 25.6. The highest BCUT2D eigenvalue weighted by molar-refractivity contribution is 5.87. The summed E-state index contributed by atoms with van der Waals surface area (Å²) in [6.45, 7) is 10.4. The van der Waals surface area contributed by atoms with Crippen LogP contribution in [0.15, 0.2) is 48.5 Å². The van der Waals surface area contributed by atoms with E-state index in [2.05, 4.69) is 29.8 Å². The first kappa shape index (κ1) is 25.8. The molecule has 3 rings (SSSR count). The molecule has 0 aliphatic rings. The van der Waals surface area contributed by atoms with Gasteiger partial charge in [0.15, 0.2) is 0 Å². The summed E-state index contributed by atoms with van der Waals surface area (Å²) in [5, 5.41) is 18.5. The third-order valence-electron chi connectivity index (χ3n) is 5.62. The van der Waals surface area contributed by atoms with Crippen LogP contribution in [0.1, 0.15) is 48.2 Å². The molecule has 0 saturated heterocycles. The average molecular weight is 474 g/mol. The lowest BCUT2D eigenvalue weighted by atomic mass is 9.93. The fourth-order valence-electron chi connectivity index (χ4n) is 3.71. The second-order valence-electron chi connectivity index (χ2n) is 9.11. The van der Waals surface area contributed by atoms with E-state index in [0.717, 1.165) is 33.5 Å². The molecule has 1 heterocycles. The molecule has 0 fully saturated rings. The van der Waals surface area contributed by atoms with Gasteiger partial charge in [0.2, 0.25) is 5.88 Å². The number of aryl methyl sites for hydroxylation is 2. The van der Waals surface area contributed by atoms with Crippen molar-refractivity contribution in [1.82, 2.24) is 4.98 Å². The predicted octanol–water partition coefficient (Wildman–Crippen LogP) is 5.23. The molecule has 0 aliphatic carbocycles. The minimum atomic E-state index is -1.16. The highest BCUT2D eigenvalue weighted by Gasteiger charge is 2.16. The van der Waals surface area contributed by atoms with E-state index in [9.17, 15) is 9.90 Å². The molecule has 0 bridgehead atoms. The van der Waals surface area contributed by atoms with Crippen molar-refractivity contribution in [1.29, 1.82) is 0 Å². The summed E-state index contributed by atoms with van der Waals surface area (Å²) in [6.07, 6.45) is 0.522. The zero-order valence-electron chi connectivity index (χ0n) is 20.8. The van der Waals surface area contributed by atoms with Gasteiger partial charge in [-0.25, -0.2) is 9.78 Å². The Bertz CT molecular complexity index is 1240. The molecular weight excluding hydrogens is 442 g/mol. The van der Waals surface area contributed by atoms with Crippen molar-refractivity contribution in [2.24, 2.45) is 0 Å². The van der Waals surface area contributed by atoms with Gasteiger partial charge < -0.3 is 19.7 Å². The van der Waals surface area contributed by atoms with Crippen molar-refractivity contribution in [3.05, 3.63) is 76.5 Å². The first-order valence-electron chi connectivity index (χ1n) is 11.4. The van der Waals surface area contributed by atoms with Gasteiger partial charge in [-0.3, -0.25) is 0 Å². The van der Waals surface area contributed by atoms with Crippen molar-refractivity contribution in [2.75, 3.05) is 6.61 Å². The fraction of sp³-hybridized carbons (Fsp3) is 0.310. The molecule has 3 aromatic rings. The minimum Gasteiger partial charge on any atom is -0.489 e. The van der Waals surface area contributed by atoms with E-state index in [-0.39, 0.29) is 0 Å². The number of benzene rings is 2. The van der Waals surface area contributed by atoms with Crippen molar-refractivity contribution in [2.45, 2.75) is 53.2 Å². The lowest BCUT2D eigenvalue weighted by Gasteiger charge is -2.19. The van der Waals surface area contributed by atoms with E-state index in [0.29, 0.717) is 36.8 Å². The summed E-state index contributed by atoms with van der Waals surface area (Å²) in [7, 11) is 0. The topological polar surface area (TPSA) is 88.9 Å². The smallest absolute Gasteiger partial charge is 0.382 e. The van der Waals surface area contributed by atoms with Gasteiger partial charge in [-0.05, 0) is 81.1 Å². The van der Waals surface area contributed by atoms with E-state index in [4.69, 9.17) is 14.6 Å². The number of carboxylic acids is 1. The maximum Gasteiger partial charge on any atom is 0.382 e. The molecule has 0 aliphatic heterocycles. The maximum absolute atomic E-state index is 10.6. The Morgan fingerprint density at radius 1 is 1.06 bits per heavy atom. The van der Waals surface area contributed by atoms with Gasteiger partial charge in [-0.1, -0.05) is 24.1 Å². The quantitative estimate of drug-likeness (QED) is 0.436. The molecule has 182 valence electrons. The molecule has 2 N–H and O–H groups in total. The monoisotopic (exact) mass is 473 g/mol. The summed E-state index contributed by atoms with van der Waals surface area (Å²) in [6, 6.07) is 15.1. The third-order valence-corrected chi connectivity index (χ3v) is 5.62. The Morgan fingerprint density at radius 2 is 1.77 bits per heavy atom. The summed E-state index contributed by atoms with van der Waals surface area (Å²) in [5.41, 5.74) is 6.11. The zero-order valence-corrected chi connectivity index (χ0v) is 20.8. The minimum absolute atomic E-state index is 0.392. The number of hydrogen-bond acceptors (Lipinski definition) is 5. The van der Waals surface area contributed by atoms with Gasteiger partial charge in [0.05, 0.1) is 12.2 Å². The van der Waals surface area contributed by atoms with Crippen LogP contribution < -0.4 is 9.47 Å². The Balaban J connectivity index is 1.75. The molecule has 0 atom stereocenters.